The highest BCUT2D eigenvalue weighted by molar-refractivity contribution is 5.92. The minimum Gasteiger partial charge on any atom is -0.344 e. The Morgan fingerprint density at radius 1 is 1.13 bits per heavy atom. The van der Waals surface area contributed by atoms with Crippen molar-refractivity contribution >= 4 is 17.8 Å². The monoisotopic (exact) mass is 424 g/mol. The number of hydrogen-bond donors (Lipinski definition) is 2. The number of aliphatic imine (C=N–C) groups is 1. The van der Waals surface area contributed by atoms with Gasteiger partial charge in [-0.25, -0.2) is 0 Å². The fraction of sp³-hybridized carbons (Fsp3) is 0.565. The van der Waals surface area contributed by atoms with Crippen molar-refractivity contribution in [3.63, 3.8) is 0 Å². The number of rotatable bonds is 7. The van der Waals surface area contributed by atoms with Crippen molar-refractivity contribution in [3.05, 3.63) is 35.9 Å². The molecule has 2 aliphatic heterocycles. The number of nitrogens with one attached hydrogen (secondary N) is 2. The molecule has 2 aliphatic rings. The Kier molecular flexibility index (Phi) is 8.71. The molecule has 3 rings (SSSR count). The Balaban J connectivity index is 1.55. The molecule has 0 bridgehead atoms. The number of benzene rings is 1. The molecule has 0 radical (unpaired) electrons. The average Bonchev–Trinajstić information content (AvgIpc) is 3.27. The molecular weight excluding hydrogens is 392 g/mol. The van der Waals surface area contributed by atoms with Gasteiger partial charge in [-0.2, -0.15) is 5.26 Å². The summed E-state index contributed by atoms with van der Waals surface area (Å²) >= 11 is 0. The van der Waals surface area contributed by atoms with Gasteiger partial charge in [0.05, 0.1) is 6.54 Å². The average molecular weight is 425 g/mol. The number of aryl methyl sites for hydroxylation is 1. The van der Waals surface area contributed by atoms with Gasteiger partial charge in [-0.15, -0.1) is 0 Å². The Labute approximate surface area is 184 Å². The van der Waals surface area contributed by atoms with E-state index in [1.165, 1.54) is 5.56 Å². The Hall–Kier alpha value is -3.08. The third-order valence-corrected chi connectivity index (χ3v) is 5.79. The topological polar surface area (TPSA) is 101 Å². The molecule has 2 N–H and O–H groups in total. The van der Waals surface area contributed by atoms with Crippen LogP contribution in [0.25, 0.3) is 0 Å². The summed E-state index contributed by atoms with van der Waals surface area (Å²) < 4.78 is 0. The first-order valence-electron chi connectivity index (χ1n) is 11.2. The van der Waals surface area contributed by atoms with Crippen LogP contribution in [0.2, 0.25) is 0 Å². The molecule has 0 aromatic heterocycles. The van der Waals surface area contributed by atoms with Gasteiger partial charge in [-0.05, 0) is 50.5 Å². The van der Waals surface area contributed by atoms with Crippen LogP contribution in [0.1, 0.15) is 44.1 Å². The second-order valence-corrected chi connectivity index (χ2v) is 8.10. The molecule has 1 aromatic rings. The van der Waals surface area contributed by atoms with E-state index in [9.17, 15) is 9.59 Å². The maximum Gasteiger partial charge on any atom is 0.245 e. The van der Waals surface area contributed by atoms with E-state index in [0.29, 0.717) is 25.5 Å². The van der Waals surface area contributed by atoms with Crippen LogP contribution in [0.15, 0.2) is 35.3 Å². The van der Waals surface area contributed by atoms with Gasteiger partial charge in [0.15, 0.2) is 6.19 Å². The van der Waals surface area contributed by atoms with Gasteiger partial charge >= 0.3 is 0 Å². The predicted octanol–water partition coefficient (Wildman–Crippen LogP) is 1.64. The summed E-state index contributed by atoms with van der Waals surface area (Å²) in [6, 6.07) is 9.70. The van der Waals surface area contributed by atoms with Crippen molar-refractivity contribution in [2.75, 3.05) is 32.7 Å². The number of guanidine groups is 1. The summed E-state index contributed by atoms with van der Waals surface area (Å²) in [6.45, 7) is 2.84. The molecule has 166 valence electrons. The summed E-state index contributed by atoms with van der Waals surface area (Å²) in [5.41, 5.74) is 1.25. The van der Waals surface area contributed by atoms with Crippen LogP contribution < -0.4 is 10.6 Å². The van der Waals surface area contributed by atoms with Crippen molar-refractivity contribution in [1.29, 1.82) is 5.26 Å². The zero-order valence-corrected chi connectivity index (χ0v) is 18.1. The number of carbonyl (C=O) groups excluding carboxylic acids is 2. The number of likely N-dealkylation sites (tertiary alicyclic amines) is 2. The minimum atomic E-state index is -0.484. The van der Waals surface area contributed by atoms with Crippen LogP contribution >= 0.6 is 0 Å². The summed E-state index contributed by atoms with van der Waals surface area (Å²) in [6.07, 6.45) is 8.12. The molecule has 0 spiro atoms. The molecule has 8 heteroatoms. The van der Waals surface area contributed by atoms with Crippen molar-refractivity contribution in [3.8, 4) is 6.19 Å². The van der Waals surface area contributed by atoms with Gasteiger partial charge in [0.1, 0.15) is 6.04 Å². The van der Waals surface area contributed by atoms with Crippen LogP contribution in [-0.2, 0) is 16.0 Å². The van der Waals surface area contributed by atoms with E-state index in [1.807, 2.05) is 29.3 Å². The fourth-order valence-electron chi connectivity index (χ4n) is 4.08. The zero-order valence-electron chi connectivity index (χ0n) is 18.1. The van der Waals surface area contributed by atoms with E-state index in [1.54, 1.807) is 4.90 Å². The van der Waals surface area contributed by atoms with Gasteiger partial charge in [0, 0.05) is 26.2 Å². The lowest BCUT2D eigenvalue weighted by atomic mass is 10.1. The lowest BCUT2D eigenvalue weighted by molar-refractivity contribution is -0.140. The summed E-state index contributed by atoms with van der Waals surface area (Å²) in [5, 5.41) is 14.8. The lowest BCUT2D eigenvalue weighted by Gasteiger charge is -2.27. The van der Waals surface area contributed by atoms with Crippen LogP contribution in [0.3, 0.4) is 0 Å². The Morgan fingerprint density at radius 3 is 2.61 bits per heavy atom. The first-order valence-corrected chi connectivity index (χ1v) is 11.2. The smallest absolute Gasteiger partial charge is 0.245 e. The largest absolute Gasteiger partial charge is 0.344 e. The first kappa shape index (κ1) is 22.6. The number of nitrogens with zero attached hydrogens (tertiary/aromatic N) is 4. The third kappa shape index (κ3) is 6.99. The van der Waals surface area contributed by atoms with E-state index >= 15 is 0 Å². The lowest BCUT2D eigenvalue weighted by Crippen LogP contribution is -2.52. The molecule has 2 amide bonds. The highest BCUT2D eigenvalue weighted by atomic mass is 16.2. The number of amides is 2. The second kappa shape index (κ2) is 11.9. The molecule has 2 fully saturated rings. The molecule has 2 heterocycles. The van der Waals surface area contributed by atoms with Crippen molar-refractivity contribution < 1.29 is 9.59 Å². The standard InChI is InChI=1S/C23H32N6O2/c24-18-26-23(25-13-8-11-19-9-2-1-3-10-19)27-20-12-4-5-16-29(22(20)31)17-21(30)28-14-6-7-15-28/h1-3,9-10,20H,4-8,11-17H2,(H2,25,26,27). The Bertz CT molecular complexity index is 798. The molecule has 1 atom stereocenters. The normalized spacial score (nSPS) is 19.6. The van der Waals surface area contributed by atoms with Crippen molar-refractivity contribution in [2.45, 2.75) is 51.0 Å². The molecule has 31 heavy (non-hydrogen) atoms. The molecule has 8 nitrogen and oxygen atoms in total. The molecular formula is C23H32N6O2. The van der Waals surface area contributed by atoms with Crippen LogP contribution in [0.5, 0.6) is 0 Å². The Morgan fingerprint density at radius 2 is 1.87 bits per heavy atom. The molecule has 0 aliphatic carbocycles. The highest BCUT2D eigenvalue weighted by Gasteiger charge is 2.30. The highest BCUT2D eigenvalue weighted by Crippen LogP contribution is 2.14. The number of carbonyl (C=O) groups is 2. The van der Waals surface area contributed by atoms with Gasteiger partial charge < -0.3 is 15.1 Å². The molecule has 0 saturated carbocycles. The van der Waals surface area contributed by atoms with E-state index in [2.05, 4.69) is 27.8 Å². The minimum absolute atomic E-state index is 0.0245. The fourth-order valence-corrected chi connectivity index (χ4v) is 4.08. The van der Waals surface area contributed by atoms with E-state index in [-0.39, 0.29) is 18.4 Å². The first-order chi connectivity index (χ1) is 15.2. The number of nitriles is 1. The maximum absolute atomic E-state index is 13.1. The summed E-state index contributed by atoms with van der Waals surface area (Å²) in [7, 11) is 0. The van der Waals surface area contributed by atoms with Crippen molar-refractivity contribution in [1.82, 2.24) is 20.4 Å². The van der Waals surface area contributed by atoms with Gasteiger partial charge in [0.25, 0.3) is 0 Å². The van der Waals surface area contributed by atoms with Gasteiger partial charge in [-0.3, -0.25) is 19.9 Å². The summed E-state index contributed by atoms with van der Waals surface area (Å²) in [5.74, 6) is 0.250. The predicted molar refractivity (Wildman–Crippen MR) is 119 cm³/mol. The van der Waals surface area contributed by atoms with E-state index < -0.39 is 6.04 Å². The van der Waals surface area contributed by atoms with E-state index in [4.69, 9.17) is 5.26 Å². The van der Waals surface area contributed by atoms with Gasteiger partial charge in [0.2, 0.25) is 17.8 Å². The quantitative estimate of drug-likeness (QED) is 0.228. The number of hydrogen-bond acceptors (Lipinski definition) is 4. The van der Waals surface area contributed by atoms with E-state index in [0.717, 1.165) is 51.6 Å². The molecule has 1 unspecified atom stereocenters. The maximum atomic E-state index is 13.1. The van der Waals surface area contributed by atoms with Crippen LogP contribution in [0, 0.1) is 11.5 Å². The summed E-state index contributed by atoms with van der Waals surface area (Å²) in [4.78, 5) is 33.6. The van der Waals surface area contributed by atoms with Crippen LogP contribution in [-0.4, -0.2) is 66.3 Å². The molecule has 1 aromatic carbocycles. The zero-order chi connectivity index (χ0) is 21.9. The van der Waals surface area contributed by atoms with Crippen molar-refractivity contribution in [2.24, 2.45) is 4.99 Å². The second-order valence-electron chi connectivity index (χ2n) is 8.10. The third-order valence-electron chi connectivity index (χ3n) is 5.79. The van der Waals surface area contributed by atoms with Crippen LogP contribution in [0.4, 0.5) is 0 Å². The molecule has 2 saturated heterocycles. The van der Waals surface area contributed by atoms with Gasteiger partial charge in [-0.1, -0.05) is 30.3 Å². The SMILES string of the molecule is N#CNC(=NCCCc1ccccc1)NC1CCCCN(CC(=O)N2CCCC2)C1=O.